The molecular weight excluding hydrogens is 379 g/mol. The fourth-order valence-electron chi connectivity index (χ4n) is 3.00. The Labute approximate surface area is 169 Å². The van der Waals surface area contributed by atoms with Crippen molar-refractivity contribution in [2.24, 2.45) is 0 Å². The smallest absolute Gasteiger partial charge is 0.187 e. The first-order chi connectivity index (χ1) is 13.0. The predicted molar refractivity (Wildman–Crippen MR) is 111 cm³/mol. The van der Waals surface area contributed by atoms with Crippen molar-refractivity contribution in [1.82, 2.24) is 4.90 Å². The van der Waals surface area contributed by atoms with Gasteiger partial charge in [-0.05, 0) is 47.5 Å². The molecule has 5 heteroatoms. The van der Waals surface area contributed by atoms with Crippen molar-refractivity contribution in [2.45, 2.75) is 6.42 Å². The Morgan fingerprint density at radius 1 is 0.889 bits per heavy atom. The fourth-order valence-corrected chi connectivity index (χ4v) is 3.25. The number of benzene rings is 2. The van der Waals surface area contributed by atoms with E-state index < -0.39 is 0 Å². The lowest BCUT2D eigenvalue weighted by Gasteiger charge is -2.29. The van der Waals surface area contributed by atoms with E-state index in [1.54, 1.807) is 24.3 Å². The van der Waals surface area contributed by atoms with Gasteiger partial charge in [0.2, 0.25) is 0 Å². The highest BCUT2D eigenvalue weighted by Gasteiger charge is 2.25. The highest BCUT2D eigenvalue weighted by atomic mass is 35.5. The molecule has 1 aliphatic rings. The highest BCUT2D eigenvalue weighted by Crippen LogP contribution is 2.23. The van der Waals surface area contributed by atoms with Gasteiger partial charge in [-0.2, -0.15) is 5.26 Å². The van der Waals surface area contributed by atoms with Crippen LogP contribution in [0.1, 0.15) is 17.5 Å². The zero-order valence-electron chi connectivity index (χ0n) is 14.7. The second-order valence-electron chi connectivity index (χ2n) is 6.39. The van der Waals surface area contributed by atoms with Gasteiger partial charge in [0.25, 0.3) is 0 Å². The number of nitrogens with zero attached hydrogens (tertiary/aromatic N) is 2. The molecule has 3 nitrogen and oxygen atoms in total. The first-order valence-corrected chi connectivity index (χ1v) is 9.37. The Kier molecular flexibility index (Phi) is 6.47. The minimum Gasteiger partial charge on any atom is -0.294 e. The summed E-state index contributed by atoms with van der Waals surface area (Å²) in [5.74, 6) is 0.0353. The minimum atomic E-state index is 0.0353. The standard InChI is InChI=1S/C22H18Cl2N2O/c23-20-6-2-16(3-7-20)12-18-14-26(11-1-10-25)15-19(22(18)27)13-17-4-8-21(24)9-5-17/h2-9,12-13H,1,11,14-15H2/b18-12-,19-13+. The molecule has 2 aromatic rings. The number of carbonyl (C=O) groups excluding carboxylic acids is 1. The largest absolute Gasteiger partial charge is 0.294 e. The molecule has 0 unspecified atom stereocenters. The molecule has 0 radical (unpaired) electrons. The first-order valence-electron chi connectivity index (χ1n) is 8.61. The summed E-state index contributed by atoms with van der Waals surface area (Å²) in [5.41, 5.74) is 3.27. The van der Waals surface area contributed by atoms with Crippen LogP contribution in [0.15, 0.2) is 59.7 Å². The van der Waals surface area contributed by atoms with Crippen LogP contribution >= 0.6 is 23.2 Å². The number of halogens is 2. The van der Waals surface area contributed by atoms with Gasteiger partial charge in [-0.1, -0.05) is 47.5 Å². The van der Waals surface area contributed by atoms with Gasteiger partial charge in [0, 0.05) is 47.2 Å². The molecule has 1 saturated heterocycles. The van der Waals surface area contributed by atoms with Crippen molar-refractivity contribution < 1.29 is 4.79 Å². The topological polar surface area (TPSA) is 44.1 Å². The Hall–Kier alpha value is -2.38. The molecule has 1 aliphatic heterocycles. The lowest BCUT2D eigenvalue weighted by Crippen LogP contribution is -2.38. The van der Waals surface area contributed by atoms with Crippen molar-refractivity contribution in [3.8, 4) is 6.07 Å². The van der Waals surface area contributed by atoms with Crippen LogP contribution in [0.25, 0.3) is 12.2 Å². The van der Waals surface area contributed by atoms with Crippen LogP contribution in [-0.4, -0.2) is 30.3 Å². The number of piperidine rings is 1. The molecule has 0 atom stereocenters. The number of Topliss-reactive ketones (excluding diaryl/α,β-unsaturated/α-hetero) is 1. The van der Waals surface area contributed by atoms with Gasteiger partial charge in [0.15, 0.2) is 5.78 Å². The van der Waals surface area contributed by atoms with Gasteiger partial charge in [-0.3, -0.25) is 9.69 Å². The van der Waals surface area contributed by atoms with Crippen LogP contribution in [0.2, 0.25) is 10.0 Å². The SMILES string of the molecule is N#CCCN1C/C(=C/c2ccc(Cl)cc2)C(=O)/C(=C/c2ccc(Cl)cc2)C1. The van der Waals surface area contributed by atoms with E-state index >= 15 is 0 Å². The molecule has 1 heterocycles. The van der Waals surface area contributed by atoms with Crippen molar-refractivity contribution >= 4 is 41.1 Å². The third kappa shape index (κ3) is 5.30. The van der Waals surface area contributed by atoms with Gasteiger partial charge in [-0.15, -0.1) is 0 Å². The highest BCUT2D eigenvalue weighted by molar-refractivity contribution is 6.30. The van der Waals surface area contributed by atoms with E-state index in [0.717, 1.165) is 11.1 Å². The molecule has 0 amide bonds. The number of carbonyl (C=O) groups is 1. The van der Waals surface area contributed by atoms with E-state index in [1.165, 1.54) is 0 Å². The second-order valence-corrected chi connectivity index (χ2v) is 7.26. The maximum absolute atomic E-state index is 13.0. The Bertz CT molecular complexity index is 855. The van der Waals surface area contributed by atoms with Gasteiger partial charge in [0.05, 0.1) is 6.07 Å². The fraction of sp³-hybridized carbons (Fsp3) is 0.182. The average Bonchev–Trinajstić information content (AvgIpc) is 2.67. The van der Waals surface area contributed by atoms with Crippen LogP contribution < -0.4 is 0 Å². The molecule has 0 N–H and O–H groups in total. The summed E-state index contributed by atoms with van der Waals surface area (Å²) in [6, 6.07) is 16.9. The molecule has 2 aromatic carbocycles. The second kappa shape index (κ2) is 9.01. The number of likely N-dealkylation sites (tertiary alicyclic amines) is 1. The molecule has 0 aromatic heterocycles. The molecular formula is C22H18Cl2N2O. The average molecular weight is 397 g/mol. The van der Waals surface area contributed by atoms with E-state index in [1.807, 2.05) is 36.4 Å². The summed E-state index contributed by atoms with van der Waals surface area (Å²) < 4.78 is 0. The summed E-state index contributed by atoms with van der Waals surface area (Å²) in [4.78, 5) is 15.1. The molecule has 0 bridgehead atoms. The van der Waals surface area contributed by atoms with Gasteiger partial charge < -0.3 is 0 Å². The normalized spacial score (nSPS) is 18.0. The summed E-state index contributed by atoms with van der Waals surface area (Å²) >= 11 is 11.9. The van der Waals surface area contributed by atoms with Crippen LogP contribution in [-0.2, 0) is 4.79 Å². The van der Waals surface area contributed by atoms with E-state index in [2.05, 4.69) is 11.0 Å². The van der Waals surface area contributed by atoms with Crippen LogP contribution in [0.5, 0.6) is 0 Å². The van der Waals surface area contributed by atoms with E-state index in [0.29, 0.717) is 47.2 Å². The van der Waals surface area contributed by atoms with E-state index in [9.17, 15) is 4.79 Å². The summed E-state index contributed by atoms with van der Waals surface area (Å²) in [5, 5.41) is 10.2. The molecule has 0 spiro atoms. The van der Waals surface area contributed by atoms with Crippen LogP contribution in [0, 0.1) is 11.3 Å². The Morgan fingerprint density at radius 2 is 1.33 bits per heavy atom. The minimum absolute atomic E-state index is 0.0353. The number of hydrogen-bond acceptors (Lipinski definition) is 3. The zero-order valence-corrected chi connectivity index (χ0v) is 16.2. The third-order valence-electron chi connectivity index (χ3n) is 4.33. The quantitative estimate of drug-likeness (QED) is 0.662. The predicted octanol–water partition coefficient (Wildman–Crippen LogP) is 5.26. The number of rotatable bonds is 4. The number of nitriles is 1. The van der Waals surface area contributed by atoms with Crippen LogP contribution in [0.4, 0.5) is 0 Å². The molecule has 3 rings (SSSR count). The monoisotopic (exact) mass is 396 g/mol. The summed E-state index contributed by atoms with van der Waals surface area (Å²) in [6.07, 6.45) is 4.22. The zero-order chi connectivity index (χ0) is 19.2. The molecule has 27 heavy (non-hydrogen) atoms. The first kappa shape index (κ1) is 19.4. The molecule has 0 aliphatic carbocycles. The Morgan fingerprint density at radius 3 is 1.74 bits per heavy atom. The van der Waals surface area contributed by atoms with Gasteiger partial charge in [-0.25, -0.2) is 0 Å². The molecule has 0 saturated carbocycles. The Balaban J connectivity index is 1.92. The van der Waals surface area contributed by atoms with E-state index in [4.69, 9.17) is 28.5 Å². The lowest BCUT2D eigenvalue weighted by molar-refractivity contribution is -0.113. The van der Waals surface area contributed by atoms with Crippen molar-refractivity contribution in [2.75, 3.05) is 19.6 Å². The number of ketones is 1. The van der Waals surface area contributed by atoms with Crippen molar-refractivity contribution in [3.63, 3.8) is 0 Å². The van der Waals surface area contributed by atoms with Crippen LogP contribution in [0.3, 0.4) is 0 Å². The number of hydrogen-bond donors (Lipinski definition) is 0. The maximum atomic E-state index is 13.0. The molecule has 136 valence electrons. The van der Waals surface area contributed by atoms with E-state index in [-0.39, 0.29) is 5.78 Å². The van der Waals surface area contributed by atoms with Crippen molar-refractivity contribution in [3.05, 3.63) is 80.8 Å². The third-order valence-corrected chi connectivity index (χ3v) is 4.84. The van der Waals surface area contributed by atoms with Crippen molar-refractivity contribution in [1.29, 1.82) is 5.26 Å². The van der Waals surface area contributed by atoms with Gasteiger partial charge in [0.1, 0.15) is 0 Å². The molecule has 1 fully saturated rings. The maximum Gasteiger partial charge on any atom is 0.187 e. The van der Waals surface area contributed by atoms with Gasteiger partial charge >= 0.3 is 0 Å². The lowest BCUT2D eigenvalue weighted by atomic mass is 9.94. The summed E-state index contributed by atoms with van der Waals surface area (Å²) in [7, 11) is 0. The summed E-state index contributed by atoms with van der Waals surface area (Å²) in [6.45, 7) is 1.68.